The number of hydrogen-bond donors (Lipinski definition) is 2. The van der Waals surface area contributed by atoms with E-state index in [2.05, 4.69) is 15.3 Å². The van der Waals surface area contributed by atoms with E-state index < -0.39 is 5.69 Å². The Labute approximate surface area is 141 Å². The molecule has 0 saturated heterocycles. The van der Waals surface area contributed by atoms with Crippen LogP contribution in [0.4, 0.5) is 4.39 Å². The SMILES string of the molecule is CC(=O)c1c(SCC(=O)NCc2ccc(F)cc2)nc(=O)[nH]c1C. The zero-order valence-electron chi connectivity index (χ0n) is 13.2. The Hall–Kier alpha value is -2.48. The number of benzene rings is 1. The van der Waals surface area contributed by atoms with E-state index in [1.807, 2.05) is 0 Å². The molecular formula is C16H16FN3O3S. The number of carbonyl (C=O) groups is 2. The number of hydrogen-bond acceptors (Lipinski definition) is 5. The summed E-state index contributed by atoms with van der Waals surface area (Å²) in [6.07, 6.45) is 0. The Kier molecular flexibility index (Phi) is 5.86. The van der Waals surface area contributed by atoms with Gasteiger partial charge in [-0.2, -0.15) is 4.98 Å². The second-order valence-electron chi connectivity index (χ2n) is 5.10. The molecule has 0 unspecified atom stereocenters. The zero-order chi connectivity index (χ0) is 17.7. The third-order valence-corrected chi connectivity index (χ3v) is 4.16. The van der Waals surface area contributed by atoms with E-state index in [-0.39, 0.29) is 34.8 Å². The lowest BCUT2D eigenvalue weighted by molar-refractivity contribution is -0.118. The maximum Gasteiger partial charge on any atom is 0.346 e. The van der Waals surface area contributed by atoms with Gasteiger partial charge >= 0.3 is 5.69 Å². The number of nitrogens with one attached hydrogen (secondary N) is 2. The molecule has 0 saturated carbocycles. The van der Waals surface area contributed by atoms with Gasteiger partial charge in [-0.05, 0) is 31.5 Å². The maximum absolute atomic E-state index is 12.8. The van der Waals surface area contributed by atoms with Crippen LogP contribution >= 0.6 is 11.8 Å². The minimum absolute atomic E-state index is 0.0113. The van der Waals surface area contributed by atoms with Crippen LogP contribution in [-0.2, 0) is 11.3 Å². The number of nitrogens with zero attached hydrogens (tertiary/aromatic N) is 1. The second kappa shape index (κ2) is 7.87. The molecule has 1 amide bonds. The highest BCUT2D eigenvalue weighted by Gasteiger charge is 2.15. The van der Waals surface area contributed by atoms with Crippen LogP contribution < -0.4 is 11.0 Å². The van der Waals surface area contributed by atoms with Crippen molar-refractivity contribution < 1.29 is 14.0 Å². The lowest BCUT2D eigenvalue weighted by Gasteiger charge is -2.08. The van der Waals surface area contributed by atoms with Crippen molar-refractivity contribution in [2.24, 2.45) is 0 Å². The summed E-state index contributed by atoms with van der Waals surface area (Å²) in [6.45, 7) is 3.25. The zero-order valence-corrected chi connectivity index (χ0v) is 14.0. The van der Waals surface area contributed by atoms with Crippen molar-refractivity contribution in [1.82, 2.24) is 15.3 Å². The molecule has 2 aromatic rings. The highest BCUT2D eigenvalue weighted by Crippen LogP contribution is 2.21. The first kappa shape index (κ1) is 17.9. The van der Waals surface area contributed by atoms with Crippen LogP contribution in [0.3, 0.4) is 0 Å². The van der Waals surface area contributed by atoms with Crippen molar-refractivity contribution in [2.75, 3.05) is 5.75 Å². The van der Waals surface area contributed by atoms with E-state index in [1.165, 1.54) is 19.1 Å². The summed E-state index contributed by atoms with van der Waals surface area (Å²) in [6, 6.07) is 5.80. The summed E-state index contributed by atoms with van der Waals surface area (Å²) in [5, 5.41) is 2.92. The van der Waals surface area contributed by atoms with Crippen LogP contribution in [0.5, 0.6) is 0 Å². The molecule has 0 spiro atoms. The summed E-state index contributed by atoms with van der Waals surface area (Å²) in [4.78, 5) is 41.3. The van der Waals surface area contributed by atoms with Crippen molar-refractivity contribution >= 4 is 23.5 Å². The summed E-state index contributed by atoms with van der Waals surface area (Å²) in [7, 11) is 0. The van der Waals surface area contributed by atoms with Crippen LogP contribution in [0.1, 0.15) is 28.5 Å². The van der Waals surface area contributed by atoms with E-state index in [0.717, 1.165) is 17.3 Å². The van der Waals surface area contributed by atoms with E-state index in [4.69, 9.17) is 0 Å². The van der Waals surface area contributed by atoms with Gasteiger partial charge in [-0.15, -0.1) is 0 Å². The van der Waals surface area contributed by atoms with Crippen molar-refractivity contribution in [3.05, 3.63) is 57.4 Å². The molecule has 0 atom stereocenters. The fourth-order valence-corrected chi connectivity index (χ4v) is 3.02. The quantitative estimate of drug-likeness (QED) is 0.472. The van der Waals surface area contributed by atoms with Crippen LogP contribution in [0.25, 0.3) is 0 Å². The van der Waals surface area contributed by atoms with Gasteiger partial charge in [0.25, 0.3) is 0 Å². The fourth-order valence-electron chi connectivity index (χ4n) is 2.07. The lowest BCUT2D eigenvalue weighted by Crippen LogP contribution is -2.25. The van der Waals surface area contributed by atoms with Gasteiger partial charge in [-0.1, -0.05) is 23.9 Å². The molecule has 0 bridgehead atoms. The Balaban J connectivity index is 1.98. The molecule has 8 heteroatoms. The Bertz CT molecular complexity index is 818. The van der Waals surface area contributed by atoms with Crippen molar-refractivity contribution in [3.63, 3.8) is 0 Å². The van der Waals surface area contributed by atoms with E-state index in [0.29, 0.717) is 11.3 Å². The lowest BCUT2D eigenvalue weighted by atomic mass is 10.2. The average Bonchev–Trinajstić information content (AvgIpc) is 2.51. The minimum atomic E-state index is -0.563. The smallest absolute Gasteiger partial charge is 0.346 e. The van der Waals surface area contributed by atoms with Crippen molar-refractivity contribution in [3.8, 4) is 0 Å². The molecule has 24 heavy (non-hydrogen) atoms. The van der Waals surface area contributed by atoms with Crippen LogP contribution in [0, 0.1) is 12.7 Å². The van der Waals surface area contributed by atoms with Gasteiger partial charge in [0.1, 0.15) is 10.8 Å². The molecule has 1 aromatic carbocycles. The third kappa shape index (κ3) is 4.76. The summed E-state index contributed by atoms with van der Waals surface area (Å²) in [5.41, 5.74) is 0.943. The fraction of sp³-hybridized carbons (Fsp3) is 0.250. The standard InChI is InChI=1S/C16H16FN3O3S/c1-9-14(10(2)21)15(20-16(23)19-9)24-8-13(22)18-7-11-3-5-12(17)6-4-11/h3-6H,7-8H2,1-2H3,(H,18,22)(H,19,20,23). The number of thioether (sulfide) groups is 1. The van der Waals surface area contributed by atoms with Gasteiger partial charge in [0, 0.05) is 12.2 Å². The third-order valence-electron chi connectivity index (χ3n) is 3.18. The minimum Gasteiger partial charge on any atom is -0.351 e. The van der Waals surface area contributed by atoms with Crippen LogP contribution in [-0.4, -0.2) is 27.4 Å². The number of ketones is 1. The molecule has 0 aliphatic heterocycles. The van der Waals surface area contributed by atoms with Crippen molar-refractivity contribution in [1.29, 1.82) is 0 Å². The number of aryl methyl sites for hydroxylation is 1. The molecule has 0 fully saturated rings. The van der Waals surface area contributed by atoms with E-state index in [9.17, 15) is 18.8 Å². The predicted octanol–water partition coefficient (Wildman–Crippen LogP) is 1.83. The highest BCUT2D eigenvalue weighted by molar-refractivity contribution is 8.00. The molecular weight excluding hydrogens is 333 g/mol. The highest BCUT2D eigenvalue weighted by atomic mass is 32.2. The molecule has 0 aliphatic rings. The van der Waals surface area contributed by atoms with Gasteiger partial charge < -0.3 is 10.3 Å². The van der Waals surface area contributed by atoms with E-state index in [1.54, 1.807) is 19.1 Å². The summed E-state index contributed by atoms with van der Waals surface area (Å²) >= 11 is 1.03. The maximum atomic E-state index is 12.8. The molecule has 1 aromatic heterocycles. The number of aromatic amines is 1. The van der Waals surface area contributed by atoms with Crippen LogP contribution in [0.15, 0.2) is 34.1 Å². The first-order chi connectivity index (χ1) is 11.4. The predicted molar refractivity (Wildman–Crippen MR) is 88.6 cm³/mol. The average molecular weight is 349 g/mol. The number of halogens is 1. The number of carbonyl (C=O) groups excluding carboxylic acids is 2. The number of Topliss-reactive ketones (excluding diaryl/α,β-unsaturated/α-hetero) is 1. The molecule has 1 heterocycles. The number of amides is 1. The van der Waals surface area contributed by atoms with Crippen molar-refractivity contribution in [2.45, 2.75) is 25.4 Å². The van der Waals surface area contributed by atoms with Gasteiger partial charge in [0.2, 0.25) is 5.91 Å². The monoisotopic (exact) mass is 349 g/mol. The topological polar surface area (TPSA) is 91.9 Å². The first-order valence-corrected chi connectivity index (χ1v) is 8.11. The largest absolute Gasteiger partial charge is 0.351 e. The Morgan fingerprint density at radius 3 is 2.58 bits per heavy atom. The molecule has 6 nitrogen and oxygen atoms in total. The summed E-state index contributed by atoms with van der Waals surface area (Å²) in [5.74, 6) is -0.839. The molecule has 2 rings (SSSR count). The number of H-pyrrole nitrogens is 1. The van der Waals surface area contributed by atoms with Gasteiger partial charge in [-0.3, -0.25) is 9.59 Å². The van der Waals surface area contributed by atoms with Gasteiger partial charge in [0.05, 0.1) is 11.3 Å². The molecule has 126 valence electrons. The van der Waals surface area contributed by atoms with E-state index >= 15 is 0 Å². The molecule has 2 N–H and O–H groups in total. The normalized spacial score (nSPS) is 10.5. The Morgan fingerprint density at radius 1 is 1.29 bits per heavy atom. The van der Waals surface area contributed by atoms with Gasteiger partial charge in [0.15, 0.2) is 5.78 Å². The van der Waals surface area contributed by atoms with Gasteiger partial charge in [-0.25, -0.2) is 9.18 Å². The number of aromatic nitrogens is 2. The molecule has 0 radical (unpaired) electrons. The first-order valence-electron chi connectivity index (χ1n) is 7.12. The number of rotatable bonds is 6. The second-order valence-corrected chi connectivity index (χ2v) is 6.06. The van der Waals surface area contributed by atoms with Crippen LogP contribution in [0.2, 0.25) is 0 Å². The Morgan fingerprint density at radius 2 is 1.96 bits per heavy atom. The molecule has 0 aliphatic carbocycles. The summed E-state index contributed by atoms with van der Waals surface area (Å²) < 4.78 is 12.8.